The number of carbonyl (C=O) groups excluding carboxylic acids is 2. The SMILES string of the molecule is [B]c1cnn2c(NCCCCNC(=O)CCC(=O)OC)cc(-c3ccccc3Cl)nc12. The van der Waals surface area contributed by atoms with E-state index in [0.717, 1.165) is 24.2 Å². The van der Waals surface area contributed by atoms with Crippen LogP contribution < -0.4 is 16.1 Å². The number of ether oxygens (including phenoxy) is 1. The van der Waals surface area contributed by atoms with Crippen molar-refractivity contribution in [2.75, 3.05) is 25.5 Å². The Balaban J connectivity index is 1.56. The number of hydrogen-bond acceptors (Lipinski definition) is 6. The monoisotopic (exact) mass is 439 g/mol. The highest BCUT2D eigenvalue weighted by Gasteiger charge is 2.12. The molecule has 0 atom stereocenters. The van der Waals surface area contributed by atoms with Crippen molar-refractivity contribution < 1.29 is 14.3 Å². The number of anilines is 1. The van der Waals surface area contributed by atoms with Crippen LogP contribution in [0.2, 0.25) is 5.02 Å². The van der Waals surface area contributed by atoms with Crippen molar-refractivity contribution in [1.29, 1.82) is 0 Å². The number of aromatic nitrogens is 3. The van der Waals surface area contributed by atoms with E-state index in [0.29, 0.717) is 34.9 Å². The van der Waals surface area contributed by atoms with E-state index in [-0.39, 0.29) is 18.7 Å². The second kappa shape index (κ2) is 10.8. The molecular weight excluding hydrogens is 417 g/mol. The van der Waals surface area contributed by atoms with Crippen molar-refractivity contribution in [1.82, 2.24) is 19.9 Å². The van der Waals surface area contributed by atoms with Crippen molar-refractivity contribution >= 4 is 48.3 Å². The molecule has 0 fully saturated rings. The maximum atomic E-state index is 11.7. The van der Waals surface area contributed by atoms with E-state index in [1.807, 2.05) is 30.3 Å². The smallest absolute Gasteiger partial charge is 0.306 e. The molecule has 2 N–H and O–H groups in total. The molecule has 8 nitrogen and oxygen atoms in total. The number of halogens is 1. The molecule has 0 aliphatic rings. The number of amides is 1. The summed E-state index contributed by atoms with van der Waals surface area (Å²) in [6, 6.07) is 9.37. The molecule has 0 bridgehead atoms. The Kier molecular flexibility index (Phi) is 7.89. The summed E-state index contributed by atoms with van der Waals surface area (Å²) in [5, 5.41) is 11.0. The molecule has 3 aromatic rings. The van der Waals surface area contributed by atoms with Gasteiger partial charge >= 0.3 is 5.97 Å². The molecular formula is C21H23BClN5O3. The van der Waals surface area contributed by atoms with E-state index in [2.05, 4.69) is 25.5 Å². The normalized spacial score (nSPS) is 10.8. The molecule has 31 heavy (non-hydrogen) atoms. The van der Waals surface area contributed by atoms with Gasteiger partial charge in [0.1, 0.15) is 13.7 Å². The zero-order valence-corrected chi connectivity index (χ0v) is 18.0. The average molecular weight is 440 g/mol. The molecule has 0 spiro atoms. The van der Waals surface area contributed by atoms with Gasteiger partial charge < -0.3 is 15.4 Å². The van der Waals surface area contributed by atoms with E-state index in [9.17, 15) is 9.59 Å². The van der Waals surface area contributed by atoms with Gasteiger partial charge in [-0.05, 0) is 24.4 Å². The fourth-order valence-electron chi connectivity index (χ4n) is 3.01. The van der Waals surface area contributed by atoms with Gasteiger partial charge in [-0.2, -0.15) is 9.61 Å². The number of nitrogens with one attached hydrogen (secondary N) is 2. The van der Waals surface area contributed by atoms with Crippen LogP contribution in [-0.2, 0) is 14.3 Å². The minimum Gasteiger partial charge on any atom is -0.469 e. The lowest BCUT2D eigenvalue weighted by Crippen LogP contribution is -2.25. The number of hydrogen-bond donors (Lipinski definition) is 2. The molecule has 2 aromatic heterocycles. The van der Waals surface area contributed by atoms with Crippen LogP contribution in [0.4, 0.5) is 5.82 Å². The van der Waals surface area contributed by atoms with Crippen molar-refractivity contribution in [2.45, 2.75) is 25.7 Å². The summed E-state index contributed by atoms with van der Waals surface area (Å²) in [5.41, 5.74) is 2.54. The predicted molar refractivity (Wildman–Crippen MR) is 121 cm³/mol. The molecule has 0 aliphatic heterocycles. The Hall–Kier alpha value is -3.07. The van der Waals surface area contributed by atoms with Crippen LogP contribution in [0.1, 0.15) is 25.7 Å². The predicted octanol–water partition coefficient (Wildman–Crippen LogP) is 2.10. The molecule has 0 aliphatic carbocycles. The van der Waals surface area contributed by atoms with Gasteiger partial charge in [0, 0.05) is 42.4 Å². The summed E-state index contributed by atoms with van der Waals surface area (Å²) in [5.74, 6) is 0.197. The number of methoxy groups -OCH3 is 1. The molecule has 1 aromatic carbocycles. The van der Waals surface area contributed by atoms with E-state index in [4.69, 9.17) is 19.4 Å². The second-order valence-corrected chi connectivity index (χ2v) is 7.31. The van der Waals surface area contributed by atoms with Crippen molar-refractivity contribution in [3.05, 3.63) is 41.6 Å². The lowest BCUT2D eigenvalue weighted by atomic mass is 10.0. The quantitative estimate of drug-likeness (QED) is 0.285. The number of unbranched alkanes of at least 4 members (excludes halogenated alkanes) is 1. The molecule has 10 heteroatoms. The zero-order chi connectivity index (χ0) is 22.2. The first kappa shape index (κ1) is 22.6. The highest BCUT2D eigenvalue weighted by Crippen LogP contribution is 2.28. The molecule has 1 amide bonds. The first-order chi connectivity index (χ1) is 15.0. The van der Waals surface area contributed by atoms with Crippen molar-refractivity contribution in [3.63, 3.8) is 0 Å². The van der Waals surface area contributed by atoms with Gasteiger partial charge in [0.15, 0.2) is 5.65 Å². The van der Waals surface area contributed by atoms with E-state index < -0.39 is 5.97 Å². The molecule has 2 heterocycles. The zero-order valence-electron chi connectivity index (χ0n) is 17.2. The summed E-state index contributed by atoms with van der Waals surface area (Å²) in [4.78, 5) is 27.4. The maximum Gasteiger partial charge on any atom is 0.306 e. The number of carbonyl (C=O) groups is 2. The summed E-state index contributed by atoms with van der Waals surface area (Å²) >= 11 is 6.34. The number of esters is 1. The second-order valence-electron chi connectivity index (χ2n) is 6.90. The number of benzene rings is 1. The Morgan fingerprint density at radius 1 is 1.19 bits per heavy atom. The number of fused-ring (bicyclic) bond motifs is 1. The van der Waals surface area contributed by atoms with E-state index in [1.165, 1.54) is 7.11 Å². The molecule has 160 valence electrons. The first-order valence-corrected chi connectivity index (χ1v) is 10.3. The van der Waals surface area contributed by atoms with Crippen LogP contribution >= 0.6 is 11.6 Å². The highest BCUT2D eigenvalue weighted by molar-refractivity contribution is 6.36. The van der Waals surface area contributed by atoms with Crippen LogP contribution in [0.25, 0.3) is 16.9 Å². The summed E-state index contributed by atoms with van der Waals surface area (Å²) < 4.78 is 6.18. The lowest BCUT2D eigenvalue weighted by Gasteiger charge is -2.12. The Labute approximate surface area is 186 Å². The standard InChI is InChI=1S/C21H23BClN5O3/c1-31-20(30)9-8-19(29)25-11-5-4-10-24-18-12-17(14-6-2-3-7-16(14)23)27-21-15(22)13-26-28(18)21/h2-3,6-7,12-13,24H,4-5,8-11H2,1H3,(H,25,29). The average Bonchev–Trinajstić information content (AvgIpc) is 3.15. The molecule has 0 saturated heterocycles. The summed E-state index contributed by atoms with van der Waals surface area (Å²) in [6.45, 7) is 1.20. The third-order valence-corrected chi connectivity index (χ3v) is 4.99. The van der Waals surface area contributed by atoms with Crippen LogP contribution in [-0.4, -0.2) is 54.5 Å². The van der Waals surface area contributed by atoms with E-state index in [1.54, 1.807) is 10.7 Å². The lowest BCUT2D eigenvalue weighted by molar-refractivity contribution is -0.142. The molecule has 0 saturated carbocycles. The van der Waals surface area contributed by atoms with E-state index >= 15 is 0 Å². The van der Waals surface area contributed by atoms with Gasteiger partial charge in [-0.25, -0.2) is 4.98 Å². The third kappa shape index (κ3) is 5.98. The number of rotatable bonds is 10. The van der Waals surface area contributed by atoms with Crippen molar-refractivity contribution in [2.24, 2.45) is 0 Å². The van der Waals surface area contributed by atoms with Crippen LogP contribution in [0, 0.1) is 0 Å². The fraction of sp³-hybridized carbons (Fsp3) is 0.333. The number of nitrogens with zero attached hydrogens (tertiary/aromatic N) is 3. The fourth-order valence-corrected chi connectivity index (χ4v) is 3.25. The van der Waals surface area contributed by atoms with Crippen molar-refractivity contribution in [3.8, 4) is 11.3 Å². The highest BCUT2D eigenvalue weighted by atomic mass is 35.5. The summed E-state index contributed by atoms with van der Waals surface area (Å²) in [7, 11) is 7.33. The Morgan fingerprint density at radius 2 is 1.97 bits per heavy atom. The van der Waals surface area contributed by atoms with Gasteiger partial charge in [-0.3, -0.25) is 9.59 Å². The topological polar surface area (TPSA) is 97.6 Å². The van der Waals surface area contributed by atoms with Crippen LogP contribution in [0.3, 0.4) is 0 Å². The molecule has 0 unspecified atom stereocenters. The molecule has 2 radical (unpaired) electrons. The van der Waals surface area contributed by atoms with Gasteiger partial charge in [-0.1, -0.05) is 29.8 Å². The molecule has 3 rings (SSSR count). The summed E-state index contributed by atoms with van der Waals surface area (Å²) in [6.07, 6.45) is 3.38. The van der Waals surface area contributed by atoms with Crippen LogP contribution in [0.5, 0.6) is 0 Å². The minimum absolute atomic E-state index is 0.0860. The Bertz CT molecular complexity index is 1070. The van der Waals surface area contributed by atoms with Gasteiger partial charge in [0.2, 0.25) is 5.91 Å². The van der Waals surface area contributed by atoms with Gasteiger partial charge in [0.25, 0.3) is 0 Å². The first-order valence-electron chi connectivity index (χ1n) is 9.96. The minimum atomic E-state index is -0.390. The van der Waals surface area contributed by atoms with Gasteiger partial charge in [0.05, 0.1) is 19.2 Å². The van der Waals surface area contributed by atoms with Gasteiger partial charge in [-0.15, -0.1) is 0 Å². The Morgan fingerprint density at radius 3 is 2.74 bits per heavy atom. The third-order valence-electron chi connectivity index (χ3n) is 4.66. The van der Waals surface area contributed by atoms with Crippen LogP contribution in [0.15, 0.2) is 36.5 Å². The largest absolute Gasteiger partial charge is 0.469 e. The maximum absolute atomic E-state index is 11.7.